The van der Waals surface area contributed by atoms with Crippen LogP contribution in [0.2, 0.25) is 0 Å². The van der Waals surface area contributed by atoms with Gasteiger partial charge in [-0.15, -0.1) is 12.4 Å². The number of hydrogen-bond acceptors (Lipinski definition) is 3. The second-order valence-corrected chi connectivity index (χ2v) is 6.21. The highest BCUT2D eigenvalue weighted by Gasteiger charge is 2.34. The molecule has 4 nitrogen and oxygen atoms in total. The van der Waals surface area contributed by atoms with E-state index in [9.17, 15) is 8.42 Å². The summed E-state index contributed by atoms with van der Waals surface area (Å²) in [6.07, 6.45) is 2.78. The van der Waals surface area contributed by atoms with Crippen molar-refractivity contribution in [2.45, 2.75) is 25.3 Å². The molecule has 1 aliphatic carbocycles. The summed E-state index contributed by atoms with van der Waals surface area (Å²) in [4.78, 5) is 0. The maximum absolute atomic E-state index is 11.4. The molecule has 84 valence electrons. The van der Waals surface area contributed by atoms with E-state index >= 15 is 0 Å². The molecule has 1 saturated heterocycles. The van der Waals surface area contributed by atoms with Crippen molar-refractivity contribution >= 4 is 22.4 Å². The SMILES string of the molecule is Cl.NC1CC(CN2CCCS2(=O)=O)C1. The molecule has 6 heteroatoms. The minimum atomic E-state index is -2.88. The zero-order valence-electron chi connectivity index (χ0n) is 8.05. The van der Waals surface area contributed by atoms with Gasteiger partial charge in [0.05, 0.1) is 5.75 Å². The molecule has 0 radical (unpaired) electrons. The first kappa shape index (κ1) is 12.2. The van der Waals surface area contributed by atoms with Gasteiger partial charge in [-0.05, 0) is 25.2 Å². The topological polar surface area (TPSA) is 63.4 Å². The van der Waals surface area contributed by atoms with Crippen molar-refractivity contribution in [3.05, 3.63) is 0 Å². The van der Waals surface area contributed by atoms with E-state index in [2.05, 4.69) is 0 Å². The molecule has 2 fully saturated rings. The normalized spacial score (nSPS) is 36.1. The van der Waals surface area contributed by atoms with Crippen LogP contribution in [0.1, 0.15) is 19.3 Å². The Morgan fingerprint density at radius 3 is 2.43 bits per heavy atom. The average Bonchev–Trinajstić information content (AvgIpc) is 2.28. The highest BCUT2D eigenvalue weighted by Crippen LogP contribution is 2.28. The summed E-state index contributed by atoms with van der Waals surface area (Å²) in [5, 5.41) is 0. The summed E-state index contributed by atoms with van der Waals surface area (Å²) in [5.41, 5.74) is 5.64. The molecule has 0 aromatic carbocycles. The Bertz CT molecular complexity index is 288. The molecular weight excluding hydrogens is 224 g/mol. The third kappa shape index (κ3) is 2.39. The molecule has 1 saturated carbocycles. The summed E-state index contributed by atoms with van der Waals surface area (Å²) in [6.45, 7) is 1.42. The van der Waals surface area contributed by atoms with Crippen LogP contribution in [0.3, 0.4) is 0 Å². The largest absolute Gasteiger partial charge is 0.328 e. The van der Waals surface area contributed by atoms with E-state index in [1.54, 1.807) is 4.31 Å². The molecule has 0 aromatic heterocycles. The molecule has 0 amide bonds. The Kier molecular flexibility index (Phi) is 3.80. The van der Waals surface area contributed by atoms with Gasteiger partial charge in [0.2, 0.25) is 10.0 Å². The summed E-state index contributed by atoms with van der Waals surface area (Å²) in [6, 6.07) is 0.315. The second-order valence-electron chi connectivity index (χ2n) is 4.13. The van der Waals surface area contributed by atoms with E-state index in [0.29, 0.717) is 30.8 Å². The Labute approximate surface area is 91.3 Å². The van der Waals surface area contributed by atoms with Gasteiger partial charge in [0.15, 0.2) is 0 Å². The number of sulfonamides is 1. The quantitative estimate of drug-likeness (QED) is 0.749. The van der Waals surface area contributed by atoms with Crippen LogP contribution in [0.15, 0.2) is 0 Å². The van der Waals surface area contributed by atoms with Gasteiger partial charge in [0, 0.05) is 19.1 Å². The minimum absolute atomic E-state index is 0. The molecule has 0 atom stereocenters. The zero-order valence-corrected chi connectivity index (χ0v) is 9.69. The Morgan fingerprint density at radius 2 is 2.00 bits per heavy atom. The molecule has 0 bridgehead atoms. The first-order valence-corrected chi connectivity index (χ1v) is 6.42. The van der Waals surface area contributed by atoms with Crippen LogP contribution in [0.4, 0.5) is 0 Å². The third-order valence-corrected chi connectivity index (χ3v) is 4.86. The van der Waals surface area contributed by atoms with Gasteiger partial charge in [0.25, 0.3) is 0 Å². The molecule has 1 aliphatic heterocycles. The van der Waals surface area contributed by atoms with Crippen molar-refractivity contribution in [1.82, 2.24) is 4.31 Å². The fraction of sp³-hybridized carbons (Fsp3) is 1.00. The summed E-state index contributed by atoms with van der Waals surface area (Å²) in [5.74, 6) is 0.856. The van der Waals surface area contributed by atoms with E-state index in [4.69, 9.17) is 5.73 Å². The van der Waals surface area contributed by atoms with E-state index in [-0.39, 0.29) is 12.4 Å². The highest BCUT2D eigenvalue weighted by molar-refractivity contribution is 7.89. The summed E-state index contributed by atoms with van der Waals surface area (Å²) < 4.78 is 24.5. The zero-order chi connectivity index (χ0) is 9.47. The van der Waals surface area contributed by atoms with Crippen LogP contribution in [0.5, 0.6) is 0 Å². The van der Waals surface area contributed by atoms with Gasteiger partial charge in [-0.3, -0.25) is 0 Å². The van der Waals surface area contributed by atoms with Crippen LogP contribution in [0.25, 0.3) is 0 Å². The number of nitrogens with two attached hydrogens (primary N) is 1. The number of hydrogen-bond donors (Lipinski definition) is 1. The standard InChI is InChI=1S/C8H16N2O2S.ClH/c9-8-4-7(5-8)6-10-2-1-3-13(10,11)12;/h7-8H,1-6,9H2;1H. The molecule has 2 aliphatic rings. The Morgan fingerprint density at radius 1 is 1.36 bits per heavy atom. The molecule has 0 aromatic rings. The van der Waals surface area contributed by atoms with Crippen molar-refractivity contribution in [1.29, 1.82) is 0 Å². The van der Waals surface area contributed by atoms with Crippen molar-refractivity contribution in [2.75, 3.05) is 18.8 Å². The van der Waals surface area contributed by atoms with Gasteiger partial charge in [-0.1, -0.05) is 0 Å². The van der Waals surface area contributed by atoms with E-state index in [0.717, 1.165) is 19.3 Å². The van der Waals surface area contributed by atoms with Crippen LogP contribution in [0, 0.1) is 5.92 Å². The summed E-state index contributed by atoms with van der Waals surface area (Å²) >= 11 is 0. The molecule has 2 N–H and O–H groups in total. The van der Waals surface area contributed by atoms with Crippen LogP contribution >= 0.6 is 12.4 Å². The molecule has 0 unspecified atom stereocenters. The minimum Gasteiger partial charge on any atom is -0.328 e. The fourth-order valence-corrected chi connectivity index (χ4v) is 3.72. The maximum Gasteiger partial charge on any atom is 0.214 e. The lowest BCUT2D eigenvalue weighted by Gasteiger charge is -2.34. The Balaban J connectivity index is 0.000000980. The first-order valence-electron chi connectivity index (χ1n) is 4.81. The van der Waals surface area contributed by atoms with Crippen molar-refractivity contribution < 1.29 is 8.42 Å². The monoisotopic (exact) mass is 240 g/mol. The summed E-state index contributed by atoms with van der Waals surface area (Å²) in [7, 11) is -2.88. The molecular formula is C8H17ClN2O2S. The molecule has 1 heterocycles. The lowest BCUT2D eigenvalue weighted by molar-refractivity contribution is 0.220. The van der Waals surface area contributed by atoms with E-state index in [1.807, 2.05) is 0 Å². The van der Waals surface area contributed by atoms with Gasteiger partial charge in [-0.25, -0.2) is 12.7 Å². The number of halogens is 1. The molecule has 14 heavy (non-hydrogen) atoms. The van der Waals surface area contributed by atoms with Crippen molar-refractivity contribution in [3.8, 4) is 0 Å². The smallest absolute Gasteiger partial charge is 0.214 e. The number of rotatable bonds is 2. The van der Waals surface area contributed by atoms with E-state index < -0.39 is 10.0 Å². The molecule has 0 spiro atoms. The predicted octanol–water partition coefficient (Wildman–Crippen LogP) is 0.181. The Hall–Kier alpha value is 0.160. The van der Waals surface area contributed by atoms with Gasteiger partial charge in [-0.2, -0.15) is 0 Å². The van der Waals surface area contributed by atoms with Crippen LogP contribution < -0.4 is 5.73 Å². The van der Waals surface area contributed by atoms with Crippen LogP contribution in [-0.2, 0) is 10.0 Å². The second kappa shape index (κ2) is 4.35. The lowest BCUT2D eigenvalue weighted by atomic mass is 9.81. The van der Waals surface area contributed by atoms with Crippen molar-refractivity contribution in [2.24, 2.45) is 11.7 Å². The predicted molar refractivity (Wildman–Crippen MR) is 57.9 cm³/mol. The fourth-order valence-electron chi connectivity index (χ4n) is 2.12. The number of nitrogens with zero attached hydrogens (tertiary/aromatic N) is 1. The van der Waals surface area contributed by atoms with Crippen LogP contribution in [-0.4, -0.2) is 37.6 Å². The molecule has 2 rings (SSSR count). The maximum atomic E-state index is 11.4. The van der Waals surface area contributed by atoms with Gasteiger partial charge in [0.1, 0.15) is 0 Å². The van der Waals surface area contributed by atoms with E-state index in [1.165, 1.54) is 0 Å². The van der Waals surface area contributed by atoms with Crippen molar-refractivity contribution in [3.63, 3.8) is 0 Å². The average molecular weight is 241 g/mol. The van der Waals surface area contributed by atoms with Gasteiger partial charge >= 0.3 is 0 Å². The lowest BCUT2D eigenvalue weighted by Crippen LogP contribution is -2.43. The van der Waals surface area contributed by atoms with Gasteiger partial charge < -0.3 is 5.73 Å². The highest BCUT2D eigenvalue weighted by atomic mass is 35.5. The third-order valence-electron chi connectivity index (χ3n) is 2.94. The first-order chi connectivity index (χ1) is 6.08.